The first-order valence-corrected chi connectivity index (χ1v) is 8.50. The Morgan fingerprint density at radius 3 is 2.76 bits per heavy atom. The maximum Gasteiger partial charge on any atom is 0.223 e. The molecule has 2 aromatic heterocycles. The summed E-state index contributed by atoms with van der Waals surface area (Å²) >= 11 is 3.30. The Kier molecular flexibility index (Phi) is 3.78. The molecule has 0 aliphatic heterocycles. The molecule has 1 amide bonds. The normalized spacial score (nSPS) is 11.2. The van der Waals surface area contributed by atoms with E-state index in [4.69, 9.17) is 0 Å². The van der Waals surface area contributed by atoms with Gasteiger partial charge in [0.05, 0.1) is 10.6 Å². The first-order valence-electron chi connectivity index (χ1n) is 6.81. The summed E-state index contributed by atoms with van der Waals surface area (Å²) in [6.45, 7) is 5.77. The van der Waals surface area contributed by atoms with Crippen molar-refractivity contribution in [1.29, 1.82) is 0 Å². The van der Waals surface area contributed by atoms with E-state index in [1.54, 1.807) is 22.7 Å². The number of anilines is 1. The van der Waals surface area contributed by atoms with Crippen molar-refractivity contribution in [1.82, 2.24) is 4.98 Å². The van der Waals surface area contributed by atoms with Crippen LogP contribution in [0.3, 0.4) is 0 Å². The number of nitrogens with one attached hydrogen (secondary N) is 1. The van der Waals surface area contributed by atoms with Crippen LogP contribution in [0.2, 0.25) is 0 Å². The summed E-state index contributed by atoms with van der Waals surface area (Å²) in [6, 6.07) is 8.39. The van der Waals surface area contributed by atoms with E-state index in [0.29, 0.717) is 11.0 Å². The van der Waals surface area contributed by atoms with E-state index in [1.807, 2.05) is 0 Å². The molecule has 0 radical (unpaired) electrons. The first kappa shape index (κ1) is 14.2. The van der Waals surface area contributed by atoms with Crippen LogP contribution in [-0.4, -0.2) is 10.9 Å². The molecular formula is C16H16N2OS2. The number of rotatable bonds is 3. The van der Waals surface area contributed by atoms with Crippen molar-refractivity contribution in [3.8, 4) is 10.4 Å². The molecule has 0 unspecified atom stereocenters. The lowest BCUT2D eigenvalue weighted by atomic mass is 10.0. The maximum atomic E-state index is 11.3. The molecule has 3 rings (SSSR count). The average molecular weight is 316 g/mol. The Hall–Kier alpha value is -1.72. The number of hydrogen-bond acceptors (Lipinski definition) is 4. The minimum atomic E-state index is -0.0826. The topological polar surface area (TPSA) is 42.0 Å². The van der Waals surface area contributed by atoms with Crippen LogP contribution in [0, 0.1) is 0 Å². The van der Waals surface area contributed by atoms with E-state index in [2.05, 4.69) is 53.8 Å². The smallest absolute Gasteiger partial charge is 0.223 e. The quantitative estimate of drug-likeness (QED) is 0.730. The van der Waals surface area contributed by atoms with Crippen molar-refractivity contribution < 1.29 is 4.79 Å². The molecule has 3 aromatic rings. The van der Waals surface area contributed by atoms with E-state index >= 15 is 0 Å². The van der Waals surface area contributed by atoms with Gasteiger partial charge in [0, 0.05) is 28.0 Å². The molecule has 1 N–H and O–H groups in total. The van der Waals surface area contributed by atoms with Crippen LogP contribution in [0.4, 0.5) is 5.13 Å². The zero-order valence-corrected chi connectivity index (χ0v) is 13.8. The lowest BCUT2D eigenvalue weighted by molar-refractivity contribution is -0.114. The van der Waals surface area contributed by atoms with Gasteiger partial charge in [0.2, 0.25) is 5.91 Å². The number of hydrogen-bond donors (Lipinski definition) is 1. The van der Waals surface area contributed by atoms with Crippen LogP contribution in [0.25, 0.3) is 20.5 Å². The second-order valence-corrected chi connectivity index (χ2v) is 7.13. The van der Waals surface area contributed by atoms with Crippen molar-refractivity contribution in [2.75, 3.05) is 5.32 Å². The Morgan fingerprint density at radius 2 is 2.05 bits per heavy atom. The molecule has 0 aliphatic rings. The average Bonchev–Trinajstić information content (AvgIpc) is 3.01. The molecular weight excluding hydrogens is 300 g/mol. The van der Waals surface area contributed by atoms with Gasteiger partial charge in [-0.25, -0.2) is 4.98 Å². The van der Waals surface area contributed by atoms with E-state index in [0.717, 1.165) is 10.6 Å². The van der Waals surface area contributed by atoms with Crippen LogP contribution < -0.4 is 5.32 Å². The summed E-state index contributed by atoms with van der Waals surface area (Å²) in [5.74, 6) is 0.234. The zero-order valence-electron chi connectivity index (χ0n) is 12.1. The van der Waals surface area contributed by atoms with Gasteiger partial charge in [0.25, 0.3) is 0 Å². The van der Waals surface area contributed by atoms with E-state index in [9.17, 15) is 4.79 Å². The van der Waals surface area contributed by atoms with Gasteiger partial charge in [-0.2, -0.15) is 0 Å². The minimum Gasteiger partial charge on any atom is -0.302 e. The number of thiophene rings is 1. The third-order valence-electron chi connectivity index (χ3n) is 3.21. The Labute approximate surface area is 131 Å². The maximum absolute atomic E-state index is 11.3. The Balaban J connectivity index is 2.16. The largest absolute Gasteiger partial charge is 0.302 e. The number of amides is 1. The molecule has 2 heterocycles. The molecule has 0 saturated heterocycles. The van der Waals surface area contributed by atoms with Crippen LogP contribution in [0.5, 0.6) is 0 Å². The van der Waals surface area contributed by atoms with Gasteiger partial charge < -0.3 is 5.32 Å². The van der Waals surface area contributed by atoms with E-state index in [1.165, 1.54) is 22.6 Å². The molecule has 0 spiro atoms. The van der Waals surface area contributed by atoms with Crippen LogP contribution >= 0.6 is 22.7 Å². The standard InChI is InChI=1S/C16H16N2OS2/c1-9(2)14-15(21-16(18-14)17-10(3)19)12-8-20-13-7-5-4-6-11(12)13/h4-9H,1-3H3,(H,17,18,19). The summed E-state index contributed by atoms with van der Waals surface area (Å²) in [6.07, 6.45) is 0. The van der Waals surface area contributed by atoms with Crippen LogP contribution in [0.15, 0.2) is 29.6 Å². The lowest BCUT2D eigenvalue weighted by Crippen LogP contribution is -2.05. The molecule has 5 heteroatoms. The molecule has 0 aliphatic carbocycles. The number of nitrogens with zero attached hydrogens (tertiary/aromatic N) is 1. The van der Waals surface area contributed by atoms with E-state index < -0.39 is 0 Å². The third-order valence-corrected chi connectivity index (χ3v) is 5.19. The van der Waals surface area contributed by atoms with Gasteiger partial charge >= 0.3 is 0 Å². The molecule has 0 fully saturated rings. The van der Waals surface area contributed by atoms with Crippen molar-refractivity contribution >= 4 is 43.8 Å². The van der Waals surface area contributed by atoms with Gasteiger partial charge in [-0.05, 0) is 12.0 Å². The summed E-state index contributed by atoms with van der Waals surface area (Å²) in [5.41, 5.74) is 2.26. The summed E-state index contributed by atoms with van der Waals surface area (Å²) in [4.78, 5) is 17.0. The van der Waals surface area contributed by atoms with Crippen LogP contribution in [0.1, 0.15) is 32.4 Å². The number of benzene rings is 1. The molecule has 21 heavy (non-hydrogen) atoms. The Bertz CT molecular complexity index is 802. The second-order valence-electron chi connectivity index (χ2n) is 5.21. The second kappa shape index (κ2) is 5.58. The number of fused-ring (bicyclic) bond motifs is 1. The third kappa shape index (κ3) is 2.71. The molecule has 0 bridgehead atoms. The fourth-order valence-electron chi connectivity index (χ4n) is 2.27. The predicted octanol–water partition coefficient (Wildman–Crippen LogP) is 5.11. The molecule has 0 saturated carbocycles. The van der Waals surface area contributed by atoms with Crippen molar-refractivity contribution in [3.05, 3.63) is 35.3 Å². The van der Waals surface area contributed by atoms with Gasteiger partial charge in [-0.1, -0.05) is 43.4 Å². The lowest BCUT2D eigenvalue weighted by Gasteiger charge is -2.04. The fraction of sp³-hybridized carbons (Fsp3) is 0.250. The summed E-state index contributed by atoms with van der Waals surface area (Å²) < 4.78 is 1.27. The van der Waals surface area contributed by atoms with Gasteiger partial charge in [0.1, 0.15) is 0 Å². The highest BCUT2D eigenvalue weighted by molar-refractivity contribution is 7.21. The predicted molar refractivity (Wildman–Crippen MR) is 91.3 cm³/mol. The van der Waals surface area contributed by atoms with Gasteiger partial charge in [-0.15, -0.1) is 11.3 Å². The van der Waals surface area contributed by atoms with Gasteiger partial charge in [-0.3, -0.25) is 4.79 Å². The molecule has 1 aromatic carbocycles. The van der Waals surface area contributed by atoms with Crippen LogP contribution in [-0.2, 0) is 4.79 Å². The van der Waals surface area contributed by atoms with Crippen molar-refractivity contribution in [3.63, 3.8) is 0 Å². The summed E-state index contributed by atoms with van der Waals surface area (Å²) in [7, 11) is 0. The number of carbonyl (C=O) groups excluding carboxylic acids is 1. The SMILES string of the molecule is CC(=O)Nc1nc(C(C)C)c(-c2csc3ccccc23)s1. The van der Waals surface area contributed by atoms with E-state index in [-0.39, 0.29) is 5.91 Å². The number of aromatic nitrogens is 1. The minimum absolute atomic E-state index is 0.0826. The molecule has 0 atom stereocenters. The molecule has 3 nitrogen and oxygen atoms in total. The molecule has 108 valence electrons. The number of carbonyl (C=O) groups is 1. The zero-order chi connectivity index (χ0) is 15.0. The monoisotopic (exact) mass is 316 g/mol. The highest BCUT2D eigenvalue weighted by Gasteiger charge is 2.18. The van der Waals surface area contributed by atoms with Gasteiger partial charge in [0.15, 0.2) is 5.13 Å². The Morgan fingerprint density at radius 1 is 1.29 bits per heavy atom. The number of thiazole rings is 1. The highest BCUT2D eigenvalue weighted by atomic mass is 32.1. The highest BCUT2D eigenvalue weighted by Crippen LogP contribution is 2.42. The van der Waals surface area contributed by atoms with Crippen molar-refractivity contribution in [2.45, 2.75) is 26.7 Å². The summed E-state index contributed by atoms with van der Waals surface area (Å²) in [5, 5.41) is 6.91. The van der Waals surface area contributed by atoms with Crippen molar-refractivity contribution in [2.24, 2.45) is 0 Å². The first-order chi connectivity index (χ1) is 10.1. The fourth-order valence-corrected chi connectivity index (χ4v) is 4.50.